The van der Waals surface area contributed by atoms with Crippen molar-refractivity contribution in [2.75, 3.05) is 0 Å². The predicted octanol–water partition coefficient (Wildman–Crippen LogP) is 0.937. The van der Waals surface area contributed by atoms with Gasteiger partial charge in [0.15, 0.2) is 6.04 Å². The highest BCUT2D eigenvalue weighted by Gasteiger charge is 2.44. The first-order chi connectivity index (χ1) is 4.52. The summed E-state index contributed by atoms with van der Waals surface area (Å²) in [6, 6.07) is -2.19. The van der Waals surface area contributed by atoms with Crippen LogP contribution < -0.4 is 5.32 Å². The molecule has 0 aromatic carbocycles. The van der Waals surface area contributed by atoms with E-state index in [2.05, 4.69) is 10.3 Å². The van der Waals surface area contributed by atoms with Crippen molar-refractivity contribution in [1.82, 2.24) is 5.32 Å². The first-order valence-corrected chi connectivity index (χ1v) is 2.86. The molecule has 58 valence electrons. The molecule has 0 bridgehead atoms. The lowest BCUT2D eigenvalue weighted by Gasteiger charge is -2.16. The first-order valence-electron chi connectivity index (χ1n) is 2.86. The van der Waals surface area contributed by atoms with E-state index in [4.69, 9.17) is 0 Å². The molecular weight excluding hydrogens is 145 g/mol. The zero-order valence-corrected chi connectivity index (χ0v) is 5.31. The maximum atomic E-state index is 11.9. The fraction of sp³-hybridized carbons (Fsp3) is 0.800. The smallest absolute Gasteiger partial charge is 0.371 e. The minimum absolute atomic E-state index is 0.625. The number of rotatable bonds is 0. The molecule has 0 spiro atoms. The maximum Gasteiger partial charge on any atom is 0.412 e. The summed E-state index contributed by atoms with van der Waals surface area (Å²) in [6.45, 7) is 1.45. The second kappa shape index (κ2) is 2.14. The van der Waals surface area contributed by atoms with E-state index in [0.717, 1.165) is 6.34 Å². The van der Waals surface area contributed by atoms with Gasteiger partial charge in [0.1, 0.15) is 0 Å². The lowest BCUT2D eigenvalue weighted by Crippen LogP contribution is -2.38. The Hall–Kier alpha value is -0.740. The number of hydrogen-bond acceptors (Lipinski definition) is 2. The van der Waals surface area contributed by atoms with Crippen molar-refractivity contribution >= 4 is 6.34 Å². The Morgan fingerprint density at radius 1 is 1.50 bits per heavy atom. The third kappa shape index (κ3) is 1.22. The minimum Gasteiger partial charge on any atom is -0.371 e. The van der Waals surface area contributed by atoms with E-state index in [1.54, 1.807) is 0 Å². The van der Waals surface area contributed by atoms with Gasteiger partial charge >= 0.3 is 6.18 Å². The van der Waals surface area contributed by atoms with E-state index in [0.29, 0.717) is 0 Å². The number of alkyl halides is 3. The van der Waals surface area contributed by atoms with Crippen LogP contribution in [0, 0.1) is 0 Å². The van der Waals surface area contributed by atoms with Crippen molar-refractivity contribution in [1.29, 1.82) is 0 Å². The number of nitrogens with one attached hydrogen (secondary N) is 1. The van der Waals surface area contributed by atoms with Gasteiger partial charge in [-0.15, -0.1) is 0 Å². The van der Waals surface area contributed by atoms with Crippen LogP contribution in [0.15, 0.2) is 4.99 Å². The van der Waals surface area contributed by atoms with Gasteiger partial charge in [-0.3, -0.25) is 4.99 Å². The van der Waals surface area contributed by atoms with Crippen LogP contribution in [0.2, 0.25) is 0 Å². The van der Waals surface area contributed by atoms with Crippen LogP contribution in [0.1, 0.15) is 6.92 Å². The van der Waals surface area contributed by atoms with E-state index in [1.165, 1.54) is 6.92 Å². The molecule has 10 heavy (non-hydrogen) atoms. The second-order valence-corrected chi connectivity index (χ2v) is 2.22. The Balaban J connectivity index is 2.64. The third-order valence-electron chi connectivity index (χ3n) is 1.38. The monoisotopic (exact) mass is 152 g/mol. The van der Waals surface area contributed by atoms with Gasteiger partial charge in [-0.05, 0) is 6.92 Å². The Morgan fingerprint density at radius 2 is 2.10 bits per heavy atom. The van der Waals surface area contributed by atoms with Crippen LogP contribution in [0.25, 0.3) is 0 Å². The molecule has 2 unspecified atom stereocenters. The van der Waals surface area contributed by atoms with Crippen LogP contribution in [0.5, 0.6) is 0 Å². The average molecular weight is 152 g/mol. The lowest BCUT2D eigenvalue weighted by molar-refractivity contribution is -0.149. The van der Waals surface area contributed by atoms with Crippen LogP contribution in [-0.4, -0.2) is 24.6 Å². The molecule has 1 aliphatic heterocycles. The summed E-state index contributed by atoms with van der Waals surface area (Å²) in [5, 5.41) is 2.46. The summed E-state index contributed by atoms with van der Waals surface area (Å²) in [5.74, 6) is 0. The molecule has 0 fully saturated rings. The second-order valence-electron chi connectivity index (χ2n) is 2.22. The largest absolute Gasteiger partial charge is 0.412 e. The predicted molar refractivity (Wildman–Crippen MR) is 30.9 cm³/mol. The van der Waals surface area contributed by atoms with E-state index < -0.39 is 18.3 Å². The molecule has 2 nitrogen and oxygen atoms in total. The van der Waals surface area contributed by atoms with Gasteiger partial charge in [-0.1, -0.05) is 0 Å². The molecule has 0 radical (unpaired) electrons. The SMILES string of the molecule is CC1NC=NC1C(F)(F)F. The standard InChI is InChI=1S/C5H7F3N2/c1-3-4(5(6,7)8)10-2-9-3/h2-4H,1H3,(H,9,10). The Labute approximate surface area is 56.1 Å². The van der Waals surface area contributed by atoms with E-state index in [9.17, 15) is 13.2 Å². The summed E-state index contributed by atoms with van der Waals surface area (Å²) in [4.78, 5) is 3.23. The Morgan fingerprint density at radius 3 is 2.30 bits per heavy atom. The summed E-state index contributed by atoms with van der Waals surface area (Å²) in [6.07, 6.45) is -3.11. The first kappa shape index (κ1) is 7.37. The fourth-order valence-corrected chi connectivity index (χ4v) is 0.829. The average Bonchev–Trinajstić information content (AvgIpc) is 2.11. The van der Waals surface area contributed by atoms with Gasteiger partial charge in [0.25, 0.3) is 0 Å². The van der Waals surface area contributed by atoms with Crippen LogP contribution >= 0.6 is 0 Å². The normalized spacial score (nSPS) is 32.4. The summed E-state index contributed by atoms with van der Waals surface area (Å²) in [5.41, 5.74) is 0. The van der Waals surface area contributed by atoms with Crippen molar-refractivity contribution < 1.29 is 13.2 Å². The molecule has 0 aliphatic carbocycles. The summed E-state index contributed by atoms with van der Waals surface area (Å²) in [7, 11) is 0. The van der Waals surface area contributed by atoms with Gasteiger partial charge in [0.2, 0.25) is 0 Å². The number of aliphatic imine (C=N–C) groups is 1. The zero-order valence-electron chi connectivity index (χ0n) is 5.31. The topological polar surface area (TPSA) is 24.4 Å². The molecule has 2 atom stereocenters. The molecular formula is C5H7F3N2. The van der Waals surface area contributed by atoms with Crippen molar-refractivity contribution in [3.63, 3.8) is 0 Å². The van der Waals surface area contributed by atoms with Gasteiger partial charge in [0, 0.05) is 0 Å². The molecule has 1 aliphatic rings. The van der Waals surface area contributed by atoms with Gasteiger partial charge in [-0.25, -0.2) is 0 Å². The Kier molecular flexibility index (Phi) is 1.58. The van der Waals surface area contributed by atoms with E-state index >= 15 is 0 Å². The van der Waals surface area contributed by atoms with Gasteiger partial charge < -0.3 is 5.32 Å². The molecule has 0 amide bonds. The van der Waals surface area contributed by atoms with Crippen molar-refractivity contribution in [3.8, 4) is 0 Å². The maximum absolute atomic E-state index is 11.9. The van der Waals surface area contributed by atoms with Gasteiger partial charge in [-0.2, -0.15) is 13.2 Å². The molecule has 5 heteroatoms. The molecule has 0 saturated carbocycles. The van der Waals surface area contributed by atoms with Crippen LogP contribution in [0.3, 0.4) is 0 Å². The van der Waals surface area contributed by atoms with Crippen molar-refractivity contribution in [3.05, 3.63) is 0 Å². The number of halogens is 3. The fourth-order valence-electron chi connectivity index (χ4n) is 0.829. The van der Waals surface area contributed by atoms with Crippen LogP contribution in [0.4, 0.5) is 13.2 Å². The lowest BCUT2D eigenvalue weighted by atomic mass is 10.2. The highest BCUT2D eigenvalue weighted by atomic mass is 19.4. The molecule has 1 N–H and O–H groups in total. The summed E-state index contributed by atoms with van der Waals surface area (Å²) >= 11 is 0. The van der Waals surface area contributed by atoms with E-state index in [-0.39, 0.29) is 0 Å². The number of hydrogen-bond donors (Lipinski definition) is 1. The molecule has 0 aromatic heterocycles. The summed E-state index contributed by atoms with van der Waals surface area (Å²) < 4.78 is 35.6. The molecule has 0 aromatic rings. The van der Waals surface area contributed by atoms with Crippen molar-refractivity contribution in [2.45, 2.75) is 25.2 Å². The van der Waals surface area contributed by atoms with Gasteiger partial charge in [0.05, 0.1) is 12.4 Å². The third-order valence-corrected chi connectivity index (χ3v) is 1.38. The quantitative estimate of drug-likeness (QED) is 0.548. The molecule has 1 heterocycles. The van der Waals surface area contributed by atoms with Crippen LogP contribution in [-0.2, 0) is 0 Å². The molecule has 0 saturated heterocycles. The number of nitrogens with zero attached hydrogens (tertiary/aromatic N) is 1. The Bertz CT molecular complexity index is 151. The molecule has 1 rings (SSSR count). The minimum atomic E-state index is -4.21. The van der Waals surface area contributed by atoms with Crippen molar-refractivity contribution in [2.24, 2.45) is 4.99 Å². The highest BCUT2D eigenvalue weighted by molar-refractivity contribution is 5.58. The highest BCUT2D eigenvalue weighted by Crippen LogP contribution is 2.26. The zero-order chi connectivity index (χ0) is 7.78. The van der Waals surface area contributed by atoms with E-state index in [1.807, 2.05) is 0 Å².